The molecule has 1 saturated heterocycles. The van der Waals surface area contributed by atoms with E-state index in [9.17, 15) is 9.59 Å². The molecule has 220 valence electrons. The van der Waals surface area contributed by atoms with Crippen LogP contribution in [0.15, 0.2) is 73.6 Å². The van der Waals surface area contributed by atoms with Crippen molar-refractivity contribution in [1.82, 2.24) is 29.1 Å². The number of hydrogen-bond donors (Lipinski definition) is 0. The van der Waals surface area contributed by atoms with Crippen molar-refractivity contribution in [1.29, 1.82) is 0 Å². The minimum atomic E-state index is -0.711. The summed E-state index contributed by atoms with van der Waals surface area (Å²) in [6.07, 6.45) is 6.79. The Kier molecular flexibility index (Phi) is 7.97. The summed E-state index contributed by atoms with van der Waals surface area (Å²) in [5, 5.41) is 0. The van der Waals surface area contributed by atoms with Crippen LogP contribution in [-0.4, -0.2) is 59.8 Å². The molecule has 0 bridgehead atoms. The molecule has 0 unspecified atom stereocenters. The minimum absolute atomic E-state index is 0.0999. The number of carbonyl (C=O) groups excluding carboxylic acids is 2. The number of fused-ring (bicyclic) bond motifs is 1. The van der Waals surface area contributed by atoms with Gasteiger partial charge in [0.25, 0.3) is 0 Å². The van der Waals surface area contributed by atoms with Gasteiger partial charge in [-0.25, -0.2) is 29.5 Å². The van der Waals surface area contributed by atoms with Gasteiger partial charge in [0.15, 0.2) is 17.0 Å². The number of benzene rings is 2. The Morgan fingerprint density at radius 1 is 0.930 bits per heavy atom. The van der Waals surface area contributed by atoms with Crippen LogP contribution >= 0.6 is 0 Å². The highest BCUT2D eigenvalue weighted by molar-refractivity contribution is 5.90. The van der Waals surface area contributed by atoms with E-state index in [1.807, 2.05) is 48.9 Å². The first-order valence-electron chi connectivity index (χ1n) is 14.3. The zero-order chi connectivity index (χ0) is 29.9. The van der Waals surface area contributed by atoms with E-state index < -0.39 is 30.4 Å². The summed E-state index contributed by atoms with van der Waals surface area (Å²) < 4.78 is 21.6. The van der Waals surface area contributed by atoms with E-state index in [-0.39, 0.29) is 6.61 Å². The van der Waals surface area contributed by atoms with Crippen LogP contribution in [0.3, 0.4) is 0 Å². The Morgan fingerprint density at radius 3 is 2.33 bits per heavy atom. The standard InChI is InChI=1S/C32H32N6O5/c1-4-5-26-33-14-15-37(26)29-28-30(35-18-34-29)38(19-36-28)27-16-24(43-32(40)23-12-8-21(3)9-13-23)25(42-27)17-41-31(39)22-10-6-20(2)7-11-22/h6-15,18-19,24-25,27H,4-5,16-17H2,1-3H3/t24-,25+,27-/m0/s1. The van der Waals surface area contributed by atoms with Crippen LogP contribution in [0, 0.1) is 13.8 Å². The first-order valence-corrected chi connectivity index (χ1v) is 14.3. The largest absolute Gasteiger partial charge is 0.459 e. The molecule has 11 nitrogen and oxygen atoms in total. The van der Waals surface area contributed by atoms with Crippen LogP contribution in [0.2, 0.25) is 0 Å². The van der Waals surface area contributed by atoms with Crippen molar-refractivity contribution >= 4 is 23.1 Å². The van der Waals surface area contributed by atoms with Gasteiger partial charge in [-0.15, -0.1) is 0 Å². The number of rotatable bonds is 9. The third-order valence-electron chi connectivity index (χ3n) is 7.46. The summed E-state index contributed by atoms with van der Waals surface area (Å²) in [5.41, 5.74) is 4.08. The number of hydrogen-bond acceptors (Lipinski definition) is 9. The zero-order valence-electron chi connectivity index (χ0n) is 24.2. The van der Waals surface area contributed by atoms with Gasteiger partial charge >= 0.3 is 11.9 Å². The maximum Gasteiger partial charge on any atom is 0.338 e. The molecule has 3 atom stereocenters. The average Bonchev–Trinajstić information content (AvgIpc) is 3.75. The molecule has 11 heteroatoms. The third-order valence-corrected chi connectivity index (χ3v) is 7.46. The second-order valence-electron chi connectivity index (χ2n) is 10.6. The number of ether oxygens (including phenoxy) is 3. The number of aromatic nitrogens is 6. The Bertz CT molecular complexity index is 1740. The molecule has 0 aliphatic carbocycles. The second kappa shape index (κ2) is 12.1. The smallest absolute Gasteiger partial charge is 0.338 e. The molecule has 0 amide bonds. The van der Waals surface area contributed by atoms with Gasteiger partial charge in [-0.2, -0.15) is 0 Å². The van der Waals surface area contributed by atoms with Gasteiger partial charge in [0.1, 0.15) is 37.2 Å². The van der Waals surface area contributed by atoms with Crippen LogP contribution in [0.4, 0.5) is 0 Å². The van der Waals surface area contributed by atoms with Crippen molar-refractivity contribution in [3.8, 4) is 5.82 Å². The fraction of sp³-hybridized carbons (Fsp3) is 0.312. The number of esters is 2. The van der Waals surface area contributed by atoms with Crippen LogP contribution in [-0.2, 0) is 20.6 Å². The van der Waals surface area contributed by atoms with Gasteiger partial charge in [-0.05, 0) is 44.5 Å². The van der Waals surface area contributed by atoms with Gasteiger partial charge in [-0.3, -0.25) is 9.13 Å². The Labute approximate surface area is 248 Å². The first kappa shape index (κ1) is 28.2. The summed E-state index contributed by atoms with van der Waals surface area (Å²) in [4.78, 5) is 43.9. The molecule has 0 N–H and O–H groups in total. The summed E-state index contributed by atoms with van der Waals surface area (Å²) in [6, 6.07) is 14.3. The Balaban J connectivity index is 1.26. The van der Waals surface area contributed by atoms with Crippen molar-refractivity contribution < 1.29 is 23.8 Å². The van der Waals surface area contributed by atoms with E-state index in [2.05, 4.69) is 26.9 Å². The number of imidazole rings is 2. The molecule has 1 aliphatic rings. The molecular formula is C32H32N6O5. The molecule has 3 aromatic heterocycles. The summed E-state index contributed by atoms with van der Waals surface area (Å²) in [7, 11) is 0. The maximum atomic E-state index is 13.1. The molecule has 0 saturated carbocycles. The summed E-state index contributed by atoms with van der Waals surface area (Å²) in [5.74, 6) is 0.540. The van der Waals surface area contributed by atoms with E-state index in [0.29, 0.717) is 34.5 Å². The van der Waals surface area contributed by atoms with Gasteiger partial charge in [0.2, 0.25) is 0 Å². The minimum Gasteiger partial charge on any atom is -0.459 e. The predicted molar refractivity (Wildman–Crippen MR) is 157 cm³/mol. The van der Waals surface area contributed by atoms with Gasteiger partial charge < -0.3 is 14.2 Å². The monoisotopic (exact) mass is 580 g/mol. The van der Waals surface area contributed by atoms with Crippen molar-refractivity contribution in [3.05, 3.63) is 102 Å². The predicted octanol–water partition coefficient (Wildman–Crippen LogP) is 4.95. The quantitative estimate of drug-likeness (QED) is 0.223. The zero-order valence-corrected chi connectivity index (χ0v) is 24.2. The number of nitrogens with zero attached hydrogens (tertiary/aromatic N) is 6. The van der Waals surface area contributed by atoms with Crippen LogP contribution in [0.1, 0.15) is 63.7 Å². The fourth-order valence-corrected chi connectivity index (χ4v) is 5.13. The fourth-order valence-electron chi connectivity index (χ4n) is 5.13. The van der Waals surface area contributed by atoms with Gasteiger partial charge in [0.05, 0.1) is 17.5 Å². The van der Waals surface area contributed by atoms with Crippen molar-refractivity contribution in [2.75, 3.05) is 6.61 Å². The summed E-state index contributed by atoms with van der Waals surface area (Å²) in [6.45, 7) is 5.89. The van der Waals surface area contributed by atoms with E-state index in [0.717, 1.165) is 29.8 Å². The highest BCUT2D eigenvalue weighted by Crippen LogP contribution is 2.34. The van der Waals surface area contributed by atoms with Gasteiger partial charge in [0, 0.05) is 25.2 Å². The lowest BCUT2D eigenvalue weighted by Crippen LogP contribution is -2.32. The van der Waals surface area contributed by atoms with Crippen LogP contribution in [0.25, 0.3) is 17.0 Å². The maximum absolute atomic E-state index is 13.1. The first-order chi connectivity index (χ1) is 20.9. The van der Waals surface area contributed by atoms with E-state index >= 15 is 0 Å². The van der Waals surface area contributed by atoms with Crippen molar-refractivity contribution in [3.63, 3.8) is 0 Å². The topological polar surface area (TPSA) is 123 Å². The number of carbonyl (C=O) groups is 2. The molecule has 6 rings (SSSR count). The van der Waals surface area contributed by atoms with Crippen LogP contribution in [0.5, 0.6) is 0 Å². The third kappa shape index (κ3) is 5.89. The second-order valence-corrected chi connectivity index (χ2v) is 10.6. The van der Waals surface area contributed by atoms with E-state index in [1.165, 1.54) is 6.33 Å². The van der Waals surface area contributed by atoms with Crippen LogP contribution < -0.4 is 0 Å². The highest BCUT2D eigenvalue weighted by Gasteiger charge is 2.41. The SMILES string of the molecule is CCCc1nccn1-c1ncnc2c1ncn2[C@@H]1C[C@H](OC(=O)c2ccc(C)cc2)[C@@H](COC(=O)c2ccc(C)cc2)O1. The molecule has 0 radical (unpaired) electrons. The Hall–Kier alpha value is -4.90. The molecular weight excluding hydrogens is 548 g/mol. The lowest BCUT2D eigenvalue weighted by molar-refractivity contribution is -0.0563. The van der Waals surface area contributed by atoms with E-state index in [4.69, 9.17) is 14.2 Å². The van der Waals surface area contributed by atoms with Gasteiger partial charge in [-0.1, -0.05) is 42.3 Å². The lowest BCUT2D eigenvalue weighted by Gasteiger charge is -2.19. The molecule has 0 spiro atoms. The highest BCUT2D eigenvalue weighted by atomic mass is 16.6. The molecule has 1 fully saturated rings. The summed E-state index contributed by atoms with van der Waals surface area (Å²) >= 11 is 0. The molecule has 4 heterocycles. The molecule has 2 aromatic carbocycles. The lowest BCUT2D eigenvalue weighted by atomic mass is 10.1. The molecule has 43 heavy (non-hydrogen) atoms. The average molecular weight is 581 g/mol. The normalized spacial score (nSPS) is 18.2. The van der Waals surface area contributed by atoms with Crippen molar-refractivity contribution in [2.24, 2.45) is 0 Å². The van der Waals surface area contributed by atoms with Crippen molar-refractivity contribution in [2.45, 2.75) is 58.5 Å². The van der Waals surface area contributed by atoms with E-state index in [1.54, 1.807) is 41.4 Å². The molecule has 1 aliphatic heterocycles. The number of aryl methyl sites for hydroxylation is 3. The Morgan fingerprint density at radius 2 is 1.63 bits per heavy atom. The molecule has 5 aromatic rings.